The van der Waals surface area contributed by atoms with Crippen LogP contribution in [0.4, 0.5) is 24.5 Å². The van der Waals surface area contributed by atoms with Gasteiger partial charge in [0.15, 0.2) is 5.17 Å². The SMILES string of the molecule is CCOc1cccc(NC(=O)C2CC(=O)N(C)C(=Nc3ccc(Cl)c(C(F)(F)F)c3)S2)c1. The van der Waals surface area contributed by atoms with E-state index in [0.29, 0.717) is 18.0 Å². The average Bonchev–Trinajstić information content (AvgIpc) is 2.72. The molecule has 1 saturated heterocycles. The molecule has 0 saturated carbocycles. The maximum Gasteiger partial charge on any atom is 0.417 e. The summed E-state index contributed by atoms with van der Waals surface area (Å²) < 4.78 is 44.8. The number of alkyl halides is 3. The second-order valence-electron chi connectivity index (χ2n) is 6.77. The van der Waals surface area contributed by atoms with E-state index < -0.39 is 27.9 Å². The molecule has 2 aromatic rings. The molecule has 3 rings (SSSR count). The first-order chi connectivity index (χ1) is 15.1. The van der Waals surface area contributed by atoms with Gasteiger partial charge in [-0.1, -0.05) is 29.4 Å². The Balaban J connectivity index is 1.81. The van der Waals surface area contributed by atoms with Crippen molar-refractivity contribution >= 4 is 51.7 Å². The molecule has 1 fully saturated rings. The number of aliphatic imine (C=N–C) groups is 1. The first kappa shape index (κ1) is 23.9. The first-order valence-electron chi connectivity index (χ1n) is 9.51. The lowest BCUT2D eigenvalue weighted by Gasteiger charge is -2.29. The third-order valence-corrected chi connectivity index (χ3v) is 6.02. The molecule has 11 heteroatoms. The topological polar surface area (TPSA) is 71.0 Å². The van der Waals surface area contributed by atoms with E-state index in [9.17, 15) is 22.8 Å². The number of benzene rings is 2. The highest BCUT2D eigenvalue weighted by molar-refractivity contribution is 8.15. The summed E-state index contributed by atoms with van der Waals surface area (Å²) >= 11 is 6.64. The highest BCUT2D eigenvalue weighted by atomic mass is 35.5. The van der Waals surface area contributed by atoms with Gasteiger partial charge in [-0.15, -0.1) is 0 Å². The van der Waals surface area contributed by atoms with Crippen LogP contribution >= 0.6 is 23.4 Å². The van der Waals surface area contributed by atoms with Gasteiger partial charge in [0.05, 0.1) is 22.9 Å². The fourth-order valence-corrected chi connectivity index (χ4v) is 4.15. The molecule has 0 aliphatic carbocycles. The summed E-state index contributed by atoms with van der Waals surface area (Å²) in [5.41, 5.74) is -0.562. The number of nitrogens with one attached hydrogen (secondary N) is 1. The minimum absolute atomic E-state index is 0.0330. The van der Waals surface area contributed by atoms with Crippen molar-refractivity contribution in [1.82, 2.24) is 4.90 Å². The lowest BCUT2D eigenvalue weighted by molar-refractivity contribution is -0.137. The number of thioether (sulfide) groups is 1. The van der Waals surface area contributed by atoms with E-state index in [0.717, 1.165) is 23.9 Å². The molecule has 1 N–H and O–H groups in total. The predicted molar refractivity (Wildman–Crippen MR) is 119 cm³/mol. The molecule has 32 heavy (non-hydrogen) atoms. The van der Waals surface area contributed by atoms with E-state index in [-0.39, 0.29) is 23.2 Å². The Bertz CT molecular complexity index is 1060. The van der Waals surface area contributed by atoms with Crippen LogP contribution in [0.25, 0.3) is 0 Å². The molecule has 1 aliphatic heterocycles. The van der Waals surface area contributed by atoms with Gasteiger partial charge in [0.25, 0.3) is 0 Å². The van der Waals surface area contributed by atoms with Crippen molar-refractivity contribution < 1.29 is 27.5 Å². The molecule has 1 heterocycles. The van der Waals surface area contributed by atoms with Gasteiger partial charge in [-0.25, -0.2) is 4.99 Å². The Morgan fingerprint density at radius 1 is 1.31 bits per heavy atom. The zero-order valence-corrected chi connectivity index (χ0v) is 18.6. The van der Waals surface area contributed by atoms with Gasteiger partial charge >= 0.3 is 6.18 Å². The Morgan fingerprint density at radius 3 is 2.75 bits per heavy atom. The second-order valence-corrected chi connectivity index (χ2v) is 8.35. The molecule has 2 amide bonds. The normalized spacial score (nSPS) is 18.1. The predicted octanol–water partition coefficient (Wildman–Crippen LogP) is 5.35. The van der Waals surface area contributed by atoms with E-state index in [1.165, 1.54) is 18.0 Å². The van der Waals surface area contributed by atoms with Crippen LogP contribution in [0.15, 0.2) is 47.5 Å². The number of rotatable bonds is 5. The van der Waals surface area contributed by atoms with Crippen LogP contribution in [0.5, 0.6) is 5.75 Å². The van der Waals surface area contributed by atoms with E-state index >= 15 is 0 Å². The maximum atomic E-state index is 13.1. The van der Waals surface area contributed by atoms with Gasteiger partial charge in [0.1, 0.15) is 11.0 Å². The van der Waals surface area contributed by atoms with Crippen LogP contribution in [-0.4, -0.2) is 40.8 Å². The van der Waals surface area contributed by atoms with Crippen molar-refractivity contribution in [1.29, 1.82) is 0 Å². The molecule has 0 radical (unpaired) electrons. The van der Waals surface area contributed by atoms with Crippen molar-refractivity contribution in [2.75, 3.05) is 19.0 Å². The minimum Gasteiger partial charge on any atom is -0.494 e. The molecular weight excluding hydrogens is 467 g/mol. The smallest absolute Gasteiger partial charge is 0.417 e. The summed E-state index contributed by atoms with van der Waals surface area (Å²) in [5.74, 6) is -0.219. The summed E-state index contributed by atoms with van der Waals surface area (Å²) in [4.78, 5) is 30.5. The summed E-state index contributed by atoms with van der Waals surface area (Å²) in [6.45, 7) is 2.31. The number of carbonyl (C=O) groups excluding carboxylic acids is 2. The zero-order chi connectivity index (χ0) is 23.5. The first-order valence-corrected chi connectivity index (χ1v) is 10.8. The standard InChI is InChI=1S/C21H19ClF3N3O3S/c1-3-31-14-6-4-5-12(9-14)26-19(30)17-11-18(29)28(2)20(32-17)27-13-7-8-16(22)15(10-13)21(23,24)25/h4-10,17H,3,11H2,1-2H3,(H,26,30). The Morgan fingerprint density at radius 2 is 2.06 bits per heavy atom. The minimum atomic E-state index is -4.65. The van der Waals surface area contributed by atoms with Crippen molar-refractivity contribution in [3.63, 3.8) is 0 Å². The molecule has 170 valence electrons. The van der Waals surface area contributed by atoms with Crippen molar-refractivity contribution in [3.05, 3.63) is 53.1 Å². The molecule has 0 bridgehead atoms. The number of ether oxygens (including phenoxy) is 1. The van der Waals surface area contributed by atoms with E-state index in [2.05, 4.69) is 10.3 Å². The lowest BCUT2D eigenvalue weighted by atomic mass is 10.2. The Kier molecular flexibility index (Phi) is 7.35. The van der Waals surface area contributed by atoms with E-state index in [4.69, 9.17) is 16.3 Å². The van der Waals surface area contributed by atoms with Gasteiger partial charge in [0.2, 0.25) is 11.8 Å². The molecular formula is C21H19ClF3N3O3S. The van der Waals surface area contributed by atoms with Crippen LogP contribution in [0.1, 0.15) is 18.9 Å². The second kappa shape index (κ2) is 9.83. The average molecular weight is 486 g/mol. The van der Waals surface area contributed by atoms with Crippen molar-refractivity contribution in [2.24, 2.45) is 4.99 Å². The Hall–Kier alpha value is -2.72. The van der Waals surface area contributed by atoms with Gasteiger partial charge < -0.3 is 10.1 Å². The van der Waals surface area contributed by atoms with Crippen molar-refractivity contribution in [3.8, 4) is 5.75 Å². The molecule has 1 aliphatic rings. The zero-order valence-electron chi connectivity index (χ0n) is 17.1. The summed E-state index contributed by atoms with van der Waals surface area (Å²) in [7, 11) is 1.45. The third kappa shape index (κ3) is 5.74. The molecule has 2 aromatic carbocycles. The van der Waals surface area contributed by atoms with Crippen LogP contribution in [0, 0.1) is 0 Å². The number of halogens is 4. The Labute approximate surface area is 191 Å². The van der Waals surface area contributed by atoms with Gasteiger partial charge in [0, 0.05) is 25.2 Å². The third-order valence-electron chi connectivity index (χ3n) is 4.45. The molecule has 0 aromatic heterocycles. The molecule has 0 spiro atoms. The van der Waals surface area contributed by atoms with Crippen LogP contribution in [-0.2, 0) is 15.8 Å². The molecule has 1 unspecified atom stereocenters. The maximum absolute atomic E-state index is 13.1. The summed E-state index contributed by atoms with van der Waals surface area (Å²) in [6.07, 6.45) is -4.72. The number of amides is 2. The quantitative estimate of drug-likeness (QED) is 0.620. The van der Waals surface area contributed by atoms with E-state index in [1.807, 2.05) is 6.92 Å². The summed E-state index contributed by atoms with van der Waals surface area (Å²) in [5, 5.41) is 1.59. The fraction of sp³-hybridized carbons (Fsp3) is 0.286. The van der Waals surface area contributed by atoms with Gasteiger partial charge in [-0.05, 0) is 37.3 Å². The molecule has 6 nitrogen and oxygen atoms in total. The number of carbonyl (C=O) groups is 2. The van der Waals surface area contributed by atoms with Gasteiger partial charge in [-0.2, -0.15) is 13.2 Å². The highest BCUT2D eigenvalue weighted by Gasteiger charge is 2.35. The van der Waals surface area contributed by atoms with Gasteiger partial charge in [-0.3, -0.25) is 14.5 Å². The highest BCUT2D eigenvalue weighted by Crippen LogP contribution is 2.37. The number of amidine groups is 1. The largest absolute Gasteiger partial charge is 0.494 e. The molecule has 1 atom stereocenters. The lowest BCUT2D eigenvalue weighted by Crippen LogP contribution is -2.43. The number of nitrogens with zero attached hydrogens (tertiary/aromatic N) is 2. The van der Waals surface area contributed by atoms with Crippen LogP contribution < -0.4 is 10.1 Å². The number of hydrogen-bond acceptors (Lipinski definition) is 5. The van der Waals surface area contributed by atoms with Crippen molar-refractivity contribution in [2.45, 2.75) is 24.8 Å². The fourth-order valence-electron chi connectivity index (χ4n) is 2.86. The van der Waals surface area contributed by atoms with Crippen LogP contribution in [0.2, 0.25) is 5.02 Å². The summed E-state index contributed by atoms with van der Waals surface area (Å²) in [6, 6.07) is 10.0. The number of anilines is 1. The monoisotopic (exact) mass is 485 g/mol. The van der Waals surface area contributed by atoms with E-state index in [1.54, 1.807) is 24.3 Å². The number of hydrogen-bond donors (Lipinski definition) is 1. The van der Waals surface area contributed by atoms with Crippen LogP contribution in [0.3, 0.4) is 0 Å².